The second kappa shape index (κ2) is 9.44. The van der Waals surface area contributed by atoms with E-state index in [1.54, 1.807) is 6.07 Å². The van der Waals surface area contributed by atoms with Gasteiger partial charge in [-0.15, -0.1) is 0 Å². The largest absolute Gasteiger partial charge is 0.324 e. The molecule has 0 bridgehead atoms. The lowest BCUT2D eigenvalue weighted by molar-refractivity contribution is -0.117. The van der Waals surface area contributed by atoms with Gasteiger partial charge >= 0.3 is 0 Å². The summed E-state index contributed by atoms with van der Waals surface area (Å²) in [5.74, 6) is -0.313. The first-order valence-electron chi connectivity index (χ1n) is 10.1. The van der Waals surface area contributed by atoms with E-state index in [4.69, 9.17) is 0 Å². The average Bonchev–Trinajstić information content (AvgIpc) is 2.67. The highest BCUT2D eigenvalue weighted by Crippen LogP contribution is 2.27. The van der Waals surface area contributed by atoms with Crippen LogP contribution in [0.5, 0.6) is 0 Å². The van der Waals surface area contributed by atoms with Crippen LogP contribution in [0.15, 0.2) is 36.4 Å². The van der Waals surface area contributed by atoms with Crippen LogP contribution >= 0.6 is 0 Å². The van der Waals surface area contributed by atoms with Crippen LogP contribution in [0.25, 0.3) is 0 Å². The average molecular weight is 417 g/mol. The van der Waals surface area contributed by atoms with E-state index < -0.39 is 16.1 Å². The van der Waals surface area contributed by atoms with Gasteiger partial charge in [-0.1, -0.05) is 45.0 Å². The van der Waals surface area contributed by atoms with Crippen molar-refractivity contribution in [1.29, 1.82) is 0 Å². The smallest absolute Gasteiger partial charge is 0.248 e. The summed E-state index contributed by atoms with van der Waals surface area (Å²) in [5.41, 5.74) is 5.46. The van der Waals surface area contributed by atoms with Gasteiger partial charge in [-0.3, -0.25) is 9.10 Å². The van der Waals surface area contributed by atoms with Gasteiger partial charge < -0.3 is 5.32 Å². The number of anilines is 2. The topological polar surface area (TPSA) is 66.5 Å². The molecule has 0 saturated heterocycles. The summed E-state index contributed by atoms with van der Waals surface area (Å²) >= 11 is 0. The van der Waals surface area contributed by atoms with Gasteiger partial charge in [0.2, 0.25) is 15.9 Å². The third-order valence-electron chi connectivity index (χ3n) is 5.32. The number of carbonyl (C=O) groups excluding carboxylic acids is 1. The van der Waals surface area contributed by atoms with Crippen molar-refractivity contribution < 1.29 is 13.2 Å². The highest BCUT2D eigenvalue weighted by Gasteiger charge is 2.32. The Bertz CT molecular complexity index is 961. The molecular weight excluding hydrogens is 384 g/mol. The van der Waals surface area contributed by atoms with Gasteiger partial charge in [-0.05, 0) is 67.5 Å². The third-order valence-corrected chi connectivity index (χ3v) is 6.50. The first-order valence-corrected chi connectivity index (χ1v) is 12.0. The zero-order valence-electron chi connectivity index (χ0n) is 18.2. The molecule has 1 amide bonds. The summed E-state index contributed by atoms with van der Waals surface area (Å²) in [6.45, 7) is 9.82. The number of amides is 1. The summed E-state index contributed by atoms with van der Waals surface area (Å²) in [6, 6.07) is 10.6. The fraction of sp³-hybridized carbons (Fsp3) is 0.435. The minimum Gasteiger partial charge on any atom is -0.324 e. The summed E-state index contributed by atoms with van der Waals surface area (Å²) in [7, 11) is -3.66. The molecule has 158 valence electrons. The van der Waals surface area contributed by atoms with Crippen LogP contribution in [0.1, 0.15) is 49.4 Å². The number of aryl methyl sites for hydroxylation is 4. The van der Waals surface area contributed by atoms with E-state index in [9.17, 15) is 13.2 Å². The molecule has 29 heavy (non-hydrogen) atoms. The molecule has 2 rings (SSSR count). The van der Waals surface area contributed by atoms with Crippen LogP contribution in [0.3, 0.4) is 0 Å². The standard InChI is InChI=1S/C23H32N2O3S/c1-7-18-11-10-12-19(8-2)22(18)24-23(26)21(9-3)25(29(6,27)28)20-14-13-16(4)17(5)15-20/h10-15,21H,7-9H2,1-6H3,(H,24,26)/t21-/m1/s1. The van der Waals surface area contributed by atoms with Gasteiger partial charge in [0.05, 0.1) is 11.9 Å². The summed E-state index contributed by atoms with van der Waals surface area (Å²) < 4.78 is 26.6. The molecule has 0 aliphatic heterocycles. The lowest BCUT2D eigenvalue weighted by Gasteiger charge is -2.31. The lowest BCUT2D eigenvalue weighted by Crippen LogP contribution is -2.47. The Labute approximate surface area is 175 Å². The molecule has 0 aliphatic rings. The maximum Gasteiger partial charge on any atom is 0.248 e. The maximum absolute atomic E-state index is 13.3. The van der Waals surface area contributed by atoms with E-state index in [0.29, 0.717) is 12.1 Å². The van der Waals surface area contributed by atoms with Crippen molar-refractivity contribution in [3.8, 4) is 0 Å². The van der Waals surface area contributed by atoms with Crippen molar-refractivity contribution in [2.75, 3.05) is 15.9 Å². The highest BCUT2D eigenvalue weighted by molar-refractivity contribution is 7.92. The second-order valence-electron chi connectivity index (χ2n) is 7.40. The van der Waals surface area contributed by atoms with Crippen LogP contribution in [-0.4, -0.2) is 26.6 Å². The Morgan fingerprint density at radius 3 is 2.03 bits per heavy atom. The van der Waals surface area contributed by atoms with Crippen LogP contribution < -0.4 is 9.62 Å². The van der Waals surface area contributed by atoms with Crippen LogP contribution in [-0.2, 0) is 27.7 Å². The van der Waals surface area contributed by atoms with E-state index in [1.807, 2.05) is 65.0 Å². The number of hydrogen-bond donors (Lipinski definition) is 1. The second-order valence-corrected chi connectivity index (χ2v) is 9.26. The van der Waals surface area contributed by atoms with Crippen molar-refractivity contribution in [3.63, 3.8) is 0 Å². The molecule has 6 heteroatoms. The molecular formula is C23H32N2O3S. The number of rotatable bonds is 8. The minimum absolute atomic E-state index is 0.313. The fourth-order valence-electron chi connectivity index (χ4n) is 3.53. The number of sulfonamides is 1. The van der Waals surface area contributed by atoms with Gasteiger partial charge in [0, 0.05) is 5.69 Å². The lowest BCUT2D eigenvalue weighted by atomic mass is 10.0. The van der Waals surface area contributed by atoms with Crippen LogP contribution in [0.2, 0.25) is 0 Å². The highest BCUT2D eigenvalue weighted by atomic mass is 32.2. The first-order chi connectivity index (χ1) is 13.6. The summed E-state index contributed by atoms with van der Waals surface area (Å²) in [6.07, 6.45) is 3.08. The molecule has 0 unspecified atom stereocenters. The molecule has 0 aromatic heterocycles. The molecule has 5 nitrogen and oxygen atoms in total. The van der Waals surface area contributed by atoms with E-state index in [2.05, 4.69) is 5.32 Å². The SMILES string of the molecule is CCc1cccc(CC)c1NC(=O)[C@@H](CC)N(c1ccc(C)c(C)c1)S(C)(=O)=O. The third kappa shape index (κ3) is 5.18. The Morgan fingerprint density at radius 1 is 1.00 bits per heavy atom. The molecule has 2 aromatic rings. The van der Waals surface area contributed by atoms with Crippen molar-refractivity contribution in [3.05, 3.63) is 58.7 Å². The number of carbonyl (C=O) groups is 1. The Hall–Kier alpha value is -2.34. The van der Waals surface area contributed by atoms with Gasteiger partial charge in [-0.2, -0.15) is 0 Å². The summed E-state index contributed by atoms with van der Waals surface area (Å²) in [5, 5.41) is 3.04. The molecule has 0 aliphatic carbocycles. The van der Waals surface area contributed by atoms with Crippen LogP contribution in [0, 0.1) is 13.8 Å². The molecule has 0 heterocycles. The van der Waals surface area contributed by atoms with Crippen molar-refractivity contribution in [1.82, 2.24) is 0 Å². The minimum atomic E-state index is -3.66. The zero-order valence-corrected chi connectivity index (χ0v) is 19.1. The normalized spacial score (nSPS) is 12.5. The summed E-state index contributed by atoms with van der Waals surface area (Å²) in [4.78, 5) is 13.3. The van der Waals surface area contributed by atoms with Crippen molar-refractivity contribution in [2.45, 2.75) is 59.9 Å². The molecule has 0 spiro atoms. The zero-order chi connectivity index (χ0) is 21.8. The monoisotopic (exact) mass is 416 g/mol. The van der Waals surface area contributed by atoms with E-state index in [0.717, 1.165) is 47.0 Å². The Kier molecular flexibility index (Phi) is 7.47. The van der Waals surface area contributed by atoms with Crippen LogP contribution in [0.4, 0.5) is 11.4 Å². The number of benzene rings is 2. The number of para-hydroxylation sites is 1. The first kappa shape index (κ1) is 22.9. The Balaban J connectivity index is 2.48. The molecule has 1 atom stereocenters. The molecule has 0 radical (unpaired) electrons. The van der Waals surface area contributed by atoms with Gasteiger partial charge in [0.15, 0.2) is 0 Å². The van der Waals surface area contributed by atoms with Gasteiger partial charge in [0.1, 0.15) is 6.04 Å². The Morgan fingerprint density at radius 2 is 1.59 bits per heavy atom. The molecule has 0 saturated carbocycles. The predicted molar refractivity (Wildman–Crippen MR) is 121 cm³/mol. The van der Waals surface area contributed by atoms with E-state index in [-0.39, 0.29) is 5.91 Å². The number of hydrogen-bond acceptors (Lipinski definition) is 3. The number of nitrogens with one attached hydrogen (secondary N) is 1. The predicted octanol–water partition coefficient (Wildman–Crippen LogP) is 4.61. The quantitative estimate of drug-likeness (QED) is 0.683. The molecule has 1 N–H and O–H groups in total. The van der Waals surface area contributed by atoms with Gasteiger partial charge in [0.25, 0.3) is 0 Å². The van der Waals surface area contributed by atoms with E-state index >= 15 is 0 Å². The molecule has 0 fully saturated rings. The maximum atomic E-state index is 13.3. The fourth-order valence-corrected chi connectivity index (χ4v) is 4.74. The number of nitrogens with zero attached hydrogens (tertiary/aromatic N) is 1. The van der Waals surface area contributed by atoms with Crippen molar-refractivity contribution >= 4 is 27.3 Å². The van der Waals surface area contributed by atoms with E-state index in [1.165, 1.54) is 4.31 Å². The van der Waals surface area contributed by atoms with Gasteiger partial charge in [-0.25, -0.2) is 8.42 Å². The van der Waals surface area contributed by atoms with Crippen molar-refractivity contribution in [2.24, 2.45) is 0 Å². The molecule has 2 aromatic carbocycles.